The van der Waals surface area contributed by atoms with Crippen LogP contribution in [-0.4, -0.2) is 15.0 Å². The van der Waals surface area contributed by atoms with Crippen LogP contribution in [-0.2, 0) is 10.0 Å². The van der Waals surface area contributed by atoms with Crippen LogP contribution in [0.4, 0.5) is 11.4 Å². The Hall–Kier alpha value is -1.53. The molecular weight excluding hydrogens is 226 g/mol. The van der Waals surface area contributed by atoms with Gasteiger partial charge >= 0.3 is 0 Å². The maximum Gasteiger partial charge on any atom is 0.240 e. The van der Waals surface area contributed by atoms with Gasteiger partial charge in [-0.15, -0.1) is 6.58 Å². The van der Waals surface area contributed by atoms with Gasteiger partial charge in [-0.05, 0) is 24.6 Å². The van der Waals surface area contributed by atoms with E-state index >= 15 is 0 Å². The van der Waals surface area contributed by atoms with E-state index in [1.54, 1.807) is 18.2 Å². The smallest absolute Gasteiger partial charge is 0.240 e. The summed E-state index contributed by atoms with van der Waals surface area (Å²) < 4.78 is 22.6. The molecule has 16 heavy (non-hydrogen) atoms. The molecule has 0 saturated carbocycles. The van der Waals surface area contributed by atoms with Crippen molar-refractivity contribution in [3.63, 3.8) is 0 Å². The summed E-state index contributed by atoms with van der Waals surface area (Å²) in [6.07, 6.45) is 2.47. The lowest BCUT2D eigenvalue weighted by Gasteiger charge is -2.10. The van der Waals surface area contributed by atoms with Gasteiger partial charge < -0.3 is 11.1 Å². The number of sulfonamides is 1. The van der Waals surface area contributed by atoms with Crippen LogP contribution in [0.1, 0.15) is 6.42 Å². The molecule has 0 atom stereocenters. The highest BCUT2D eigenvalue weighted by molar-refractivity contribution is 7.89. The Bertz CT molecular complexity index is 483. The van der Waals surface area contributed by atoms with E-state index in [1.807, 2.05) is 0 Å². The lowest BCUT2D eigenvalue weighted by molar-refractivity contribution is 0.598. The summed E-state index contributed by atoms with van der Waals surface area (Å²) in [5, 5.41) is 8.05. The van der Waals surface area contributed by atoms with Crippen LogP contribution >= 0.6 is 0 Å². The van der Waals surface area contributed by atoms with Crippen LogP contribution in [0.25, 0.3) is 0 Å². The molecule has 0 bridgehead atoms. The number of anilines is 2. The molecule has 1 aromatic rings. The molecule has 0 aliphatic carbocycles. The Morgan fingerprint density at radius 3 is 2.69 bits per heavy atom. The Morgan fingerprint density at radius 2 is 2.12 bits per heavy atom. The maximum atomic E-state index is 11.3. The quantitative estimate of drug-likeness (QED) is 0.405. The number of nitrogens with two attached hydrogens (primary N) is 2. The van der Waals surface area contributed by atoms with Crippen molar-refractivity contribution < 1.29 is 8.42 Å². The highest BCUT2D eigenvalue weighted by Gasteiger charge is 2.13. The van der Waals surface area contributed by atoms with Crippen molar-refractivity contribution in [2.75, 3.05) is 17.6 Å². The first-order chi connectivity index (χ1) is 7.45. The van der Waals surface area contributed by atoms with Gasteiger partial charge in [-0.2, -0.15) is 0 Å². The molecule has 88 valence electrons. The van der Waals surface area contributed by atoms with E-state index < -0.39 is 10.0 Å². The molecule has 6 heteroatoms. The predicted molar refractivity (Wildman–Crippen MR) is 65.5 cm³/mol. The maximum absolute atomic E-state index is 11.3. The summed E-state index contributed by atoms with van der Waals surface area (Å²) in [6, 6.07) is 4.55. The molecule has 0 aliphatic heterocycles. The standard InChI is InChI=1S/C10H15N3O2S/c1-2-3-6-13-9-5-4-8(11)7-10(9)16(12,14)15/h2,4-5,7,13H,1,3,6,11H2,(H2,12,14,15). The van der Waals surface area contributed by atoms with Crippen LogP contribution in [0.5, 0.6) is 0 Å². The van der Waals surface area contributed by atoms with Gasteiger partial charge in [0, 0.05) is 12.2 Å². The van der Waals surface area contributed by atoms with E-state index in [9.17, 15) is 8.42 Å². The Balaban J connectivity index is 3.04. The van der Waals surface area contributed by atoms with Gasteiger partial charge in [-0.1, -0.05) is 6.08 Å². The van der Waals surface area contributed by atoms with Gasteiger partial charge in [0.25, 0.3) is 0 Å². The molecule has 0 radical (unpaired) electrons. The first-order valence-corrected chi connectivity index (χ1v) is 6.27. The van der Waals surface area contributed by atoms with Crippen molar-refractivity contribution in [3.8, 4) is 0 Å². The normalized spacial score (nSPS) is 11.1. The second-order valence-corrected chi connectivity index (χ2v) is 4.83. The van der Waals surface area contributed by atoms with E-state index in [2.05, 4.69) is 11.9 Å². The molecule has 1 rings (SSSR count). The fourth-order valence-electron chi connectivity index (χ4n) is 1.23. The van der Waals surface area contributed by atoms with Gasteiger partial charge in [0.05, 0.1) is 5.69 Å². The number of benzene rings is 1. The Labute approximate surface area is 95.2 Å². The van der Waals surface area contributed by atoms with E-state index in [0.717, 1.165) is 6.42 Å². The minimum Gasteiger partial charge on any atom is -0.399 e. The van der Waals surface area contributed by atoms with Gasteiger partial charge in [0.2, 0.25) is 10.0 Å². The molecular formula is C10H15N3O2S. The van der Waals surface area contributed by atoms with Crippen LogP contribution in [0.15, 0.2) is 35.7 Å². The van der Waals surface area contributed by atoms with E-state index in [1.165, 1.54) is 6.07 Å². The molecule has 0 fully saturated rings. The van der Waals surface area contributed by atoms with Gasteiger partial charge in [-0.25, -0.2) is 13.6 Å². The molecule has 5 N–H and O–H groups in total. The fraction of sp³-hybridized carbons (Fsp3) is 0.200. The molecule has 5 nitrogen and oxygen atoms in total. The van der Waals surface area contributed by atoms with Crippen molar-refractivity contribution in [1.82, 2.24) is 0 Å². The minimum absolute atomic E-state index is 0.0107. The summed E-state index contributed by atoms with van der Waals surface area (Å²) in [7, 11) is -3.76. The van der Waals surface area contributed by atoms with Crippen LogP contribution < -0.4 is 16.2 Å². The van der Waals surface area contributed by atoms with E-state index in [0.29, 0.717) is 17.9 Å². The molecule has 0 aliphatic rings. The minimum atomic E-state index is -3.76. The van der Waals surface area contributed by atoms with Crippen molar-refractivity contribution in [1.29, 1.82) is 0 Å². The van der Waals surface area contributed by atoms with Crippen molar-refractivity contribution in [2.24, 2.45) is 5.14 Å². The molecule has 0 saturated heterocycles. The molecule has 0 unspecified atom stereocenters. The van der Waals surface area contributed by atoms with E-state index in [4.69, 9.17) is 10.9 Å². The van der Waals surface area contributed by atoms with Crippen LogP contribution in [0, 0.1) is 0 Å². The molecule has 0 spiro atoms. The number of hydrogen-bond donors (Lipinski definition) is 3. The van der Waals surface area contributed by atoms with E-state index in [-0.39, 0.29) is 4.90 Å². The number of nitrogens with one attached hydrogen (secondary N) is 1. The molecule has 1 aromatic carbocycles. The number of rotatable bonds is 5. The molecule has 0 aromatic heterocycles. The molecule has 0 amide bonds. The largest absolute Gasteiger partial charge is 0.399 e. The average molecular weight is 241 g/mol. The fourth-order valence-corrected chi connectivity index (χ4v) is 1.98. The van der Waals surface area contributed by atoms with Gasteiger partial charge in [0.1, 0.15) is 4.90 Å². The highest BCUT2D eigenvalue weighted by Crippen LogP contribution is 2.22. The first kappa shape index (κ1) is 12.5. The Kier molecular flexibility index (Phi) is 3.92. The second kappa shape index (κ2) is 5.00. The van der Waals surface area contributed by atoms with Crippen molar-refractivity contribution in [2.45, 2.75) is 11.3 Å². The first-order valence-electron chi connectivity index (χ1n) is 4.72. The van der Waals surface area contributed by atoms with Crippen LogP contribution in [0.2, 0.25) is 0 Å². The number of primary sulfonamides is 1. The highest BCUT2D eigenvalue weighted by atomic mass is 32.2. The Morgan fingerprint density at radius 1 is 1.44 bits per heavy atom. The van der Waals surface area contributed by atoms with Crippen LogP contribution in [0.3, 0.4) is 0 Å². The third kappa shape index (κ3) is 3.25. The average Bonchev–Trinajstić information content (AvgIpc) is 2.19. The number of hydrogen-bond acceptors (Lipinski definition) is 4. The lowest BCUT2D eigenvalue weighted by Crippen LogP contribution is -2.15. The zero-order valence-corrected chi connectivity index (χ0v) is 9.63. The zero-order valence-electron chi connectivity index (χ0n) is 8.81. The summed E-state index contributed by atoms with van der Waals surface area (Å²) in [6.45, 7) is 4.17. The lowest BCUT2D eigenvalue weighted by atomic mass is 10.3. The topological polar surface area (TPSA) is 98.2 Å². The monoisotopic (exact) mass is 241 g/mol. The summed E-state index contributed by atoms with van der Waals surface area (Å²) in [5.41, 5.74) is 6.33. The third-order valence-electron chi connectivity index (χ3n) is 1.98. The van der Waals surface area contributed by atoms with Crippen molar-refractivity contribution >= 4 is 21.4 Å². The van der Waals surface area contributed by atoms with Gasteiger partial charge in [-0.3, -0.25) is 0 Å². The zero-order chi connectivity index (χ0) is 12.2. The van der Waals surface area contributed by atoms with Gasteiger partial charge in [0.15, 0.2) is 0 Å². The SMILES string of the molecule is C=CCCNc1ccc(N)cc1S(N)(=O)=O. The second-order valence-electron chi connectivity index (χ2n) is 3.30. The van der Waals surface area contributed by atoms with Crippen molar-refractivity contribution in [3.05, 3.63) is 30.9 Å². The molecule has 0 heterocycles. The summed E-state index contributed by atoms with van der Waals surface area (Å²) in [4.78, 5) is 0.0107. The summed E-state index contributed by atoms with van der Waals surface area (Å²) >= 11 is 0. The predicted octanol–water partition coefficient (Wildman–Crippen LogP) is 0.904. The number of nitrogen functional groups attached to an aromatic ring is 1. The third-order valence-corrected chi connectivity index (χ3v) is 2.93. The summed E-state index contributed by atoms with van der Waals surface area (Å²) in [5.74, 6) is 0.